The molecule has 0 amide bonds. The van der Waals surface area contributed by atoms with Crippen LogP contribution in [-0.2, 0) is 5.66 Å². The average Bonchev–Trinajstić information content (AvgIpc) is 3.77. The lowest BCUT2D eigenvalue weighted by Gasteiger charge is -2.45. The van der Waals surface area contributed by atoms with Crippen molar-refractivity contribution < 1.29 is 9.30 Å². The minimum Gasteiger partial charge on any atom is -0.456 e. The Morgan fingerprint density at radius 3 is 2.14 bits per heavy atom. The fraction of sp³-hybridized carbons (Fsp3) is 0.237. The Morgan fingerprint density at radius 1 is 0.635 bits per heavy atom. The predicted molar refractivity (Wildman–Crippen MR) is 256 cm³/mol. The van der Waals surface area contributed by atoms with Crippen molar-refractivity contribution in [2.24, 2.45) is 5.41 Å². The lowest BCUT2D eigenvalue weighted by molar-refractivity contribution is -0.760. The molecule has 4 heteroatoms. The van der Waals surface area contributed by atoms with E-state index < -0.39 is 5.66 Å². The normalized spacial score (nSPS) is 20.2. The van der Waals surface area contributed by atoms with Crippen molar-refractivity contribution >= 4 is 27.4 Å². The lowest BCUT2D eigenvalue weighted by Crippen LogP contribution is -2.68. The molecule has 6 heterocycles. The molecule has 1 spiro atoms. The highest BCUT2D eigenvalue weighted by atomic mass is 16.5. The first-order valence-electron chi connectivity index (χ1n) is 23.0. The number of hydrogen-bond donors (Lipinski definition) is 0. The predicted octanol–water partition coefficient (Wildman–Crippen LogP) is 14.5. The number of allylic oxidation sites excluding steroid dienone is 2. The van der Waals surface area contributed by atoms with E-state index >= 15 is 0 Å². The minimum atomic E-state index is -0.672. The summed E-state index contributed by atoms with van der Waals surface area (Å²) in [4.78, 5) is 2.67. The zero-order valence-corrected chi connectivity index (χ0v) is 37.1. The van der Waals surface area contributed by atoms with Gasteiger partial charge in [0, 0.05) is 23.0 Å². The molecule has 0 radical (unpaired) electrons. The number of aryl methyl sites for hydroxylation is 3. The monoisotopic (exact) mass is 818 g/mol. The highest BCUT2D eigenvalue weighted by Crippen LogP contribution is 2.63. The third kappa shape index (κ3) is 5.07. The van der Waals surface area contributed by atoms with Crippen molar-refractivity contribution in [3.63, 3.8) is 0 Å². The molecule has 6 aromatic carbocycles. The summed E-state index contributed by atoms with van der Waals surface area (Å²) in [6.07, 6.45) is 12.6. The van der Waals surface area contributed by atoms with Crippen LogP contribution in [-0.4, -0.2) is 9.47 Å². The van der Waals surface area contributed by atoms with E-state index in [1.165, 1.54) is 131 Å². The van der Waals surface area contributed by atoms with Crippen molar-refractivity contribution in [2.75, 3.05) is 0 Å². The lowest BCUT2D eigenvalue weighted by atomic mass is 9.71. The Hall–Kier alpha value is -6.65. The first-order valence-corrected chi connectivity index (χ1v) is 23.0. The molecule has 0 N–H and O–H groups in total. The number of nitrogens with zero attached hydrogens (tertiary/aromatic N) is 3. The summed E-state index contributed by atoms with van der Waals surface area (Å²) < 4.78 is 12.2. The second-order valence-corrected chi connectivity index (χ2v) is 20.0. The van der Waals surface area contributed by atoms with E-state index in [0.717, 1.165) is 11.5 Å². The van der Waals surface area contributed by atoms with Crippen molar-refractivity contribution in [2.45, 2.75) is 84.8 Å². The van der Waals surface area contributed by atoms with Crippen molar-refractivity contribution in [1.82, 2.24) is 9.47 Å². The van der Waals surface area contributed by atoms with Gasteiger partial charge in [0.1, 0.15) is 22.6 Å². The molecule has 5 aliphatic rings. The van der Waals surface area contributed by atoms with Crippen LogP contribution in [0.15, 0.2) is 151 Å². The third-order valence-electron chi connectivity index (χ3n) is 15.7. The van der Waals surface area contributed by atoms with Crippen molar-refractivity contribution in [3.05, 3.63) is 196 Å². The summed E-state index contributed by atoms with van der Waals surface area (Å²) in [6, 6.07) is 47.7. The highest BCUT2D eigenvalue weighted by molar-refractivity contribution is 6.12. The van der Waals surface area contributed by atoms with E-state index in [0.29, 0.717) is 11.3 Å². The molecule has 0 bridgehead atoms. The second kappa shape index (κ2) is 13.0. The molecule has 8 aromatic rings. The number of benzene rings is 6. The van der Waals surface area contributed by atoms with Crippen LogP contribution < -0.4 is 9.30 Å². The van der Waals surface area contributed by atoms with Crippen LogP contribution in [0.5, 0.6) is 11.5 Å². The van der Waals surface area contributed by atoms with Gasteiger partial charge in [-0.15, -0.1) is 0 Å². The van der Waals surface area contributed by atoms with E-state index in [4.69, 9.17) is 4.74 Å². The molecule has 2 unspecified atom stereocenters. The quantitative estimate of drug-likeness (QED) is 0.165. The van der Waals surface area contributed by atoms with E-state index in [2.05, 4.69) is 201 Å². The summed E-state index contributed by atoms with van der Waals surface area (Å²) in [7, 11) is 0. The molecule has 2 aromatic heterocycles. The smallest absolute Gasteiger partial charge is 0.289 e. The van der Waals surface area contributed by atoms with Gasteiger partial charge in [-0.3, -0.25) is 0 Å². The maximum atomic E-state index is 7.09. The first kappa shape index (κ1) is 37.0. The number of fused-ring (bicyclic) bond motifs is 7. The molecule has 4 aliphatic heterocycles. The summed E-state index contributed by atoms with van der Waals surface area (Å²) in [5, 5.41) is 2.49. The summed E-state index contributed by atoms with van der Waals surface area (Å²) in [5.74, 6) is 3.68. The van der Waals surface area contributed by atoms with Crippen LogP contribution in [0, 0.1) is 26.2 Å². The van der Waals surface area contributed by atoms with E-state index in [1.807, 2.05) is 0 Å². The maximum Gasteiger partial charge on any atom is 0.289 e. The highest BCUT2D eigenvalue weighted by Gasteiger charge is 2.64. The zero-order chi connectivity index (χ0) is 42.5. The van der Waals surface area contributed by atoms with Gasteiger partial charge in [0.15, 0.2) is 5.52 Å². The number of hydrogen-bond acceptors (Lipinski definition) is 2. The molecule has 2 atom stereocenters. The van der Waals surface area contributed by atoms with Crippen LogP contribution in [0.1, 0.15) is 103 Å². The van der Waals surface area contributed by atoms with Crippen molar-refractivity contribution in [3.8, 4) is 39.6 Å². The Kier molecular flexibility index (Phi) is 7.60. The number of aromatic nitrogens is 2. The molecule has 1 fully saturated rings. The van der Waals surface area contributed by atoms with Gasteiger partial charge in [0.25, 0.3) is 5.82 Å². The van der Waals surface area contributed by atoms with Crippen LogP contribution in [0.25, 0.3) is 55.5 Å². The molecular formula is C59H52N3O+. The van der Waals surface area contributed by atoms with Gasteiger partial charge in [-0.05, 0) is 168 Å². The minimum absolute atomic E-state index is 0.00598. The van der Waals surface area contributed by atoms with E-state index in [9.17, 15) is 0 Å². The van der Waals surface area contributed by atoms with Crippen LogP contribution in [0.2, 0.25) is 0 Å². The summed E-state index contributed by atoms with van der Waals surface area (Å²) in [6.45, 7) is 14.0. The molecule has 1 aliphatic carbocycles. The molecule has 13 rings (SSSR count). The SMILES string of the molecule is CC1=CN2C(C=C1c1ccc(C3CCC(C)(C)CC3)cc1C)c1cccc3c1C21c2c(ccc4c5cc(-c6ccc(-c7ccccc7)cc6)ccc5n(c24)-c2cc(C)c(C)c[n+]21)O3. The maximum absolute atomic E-state index is 7.09. The van der Waals surface area contributed by atoms with Gasteiger partial charge in [-0.2, -0.15) is 4.57 Å². The Morgan fingerprint density at radius 2 is 1.37 bits per heavy atom. The Labute approximate surface area is 370 Å². The van der Waals surface area contributed by atoms with E-state index in [-0.39, 0.29) is 6.04 Å². The molecule has 63 heavy (non-hydrogen) atoms. The van der Waals surface area contributed by atoms with Gasteiger partial charge in [-0.25, -0.2) is 4.57 Å². The number of rotatable bonds is 4. The topological polar surface area (TPSA) is 21.3 Å². The van der Waals surface area contributed by atoms with Crippen LogP contribution >= 0.6 is 0 Å². The fourth-order valence-electron chi connectivity index (χ4n) is 12.2. The molecule has 0 saturated heterocycles. The first-order chi connectivity index (χ1) is 30.6. The second-order valence-electron chi connectivity index (χ2n) is 20.0. The average molecular weight is 819 g/mol. The number of ether oxygens (including phenoxy) is 1. The molecule has 1 saturated carbocycles. The zero-order valence-electron chi connectivity index (χ0n) is 37.1. The fourth-order valence-corrected chi connectivity index (χ4v) is 12.2. The third-order valence-corrected chi connectivity index (χ3v) is 15.7. The molecule has 4 nitrogen and oxygen atoms in total. The summed E-state index contributed by atoms with van der Waals surface area (Å²) >= 11 is 0. The van der Waals surface area contributed by atoms with Crippen LogP contribution in [0.3, 0.4) is 0 Å². The Bertz CT molecular complexity index is 3340. The van der Waals surface area contributed by atoms with Gasteiger partial charge >= 0.3 is 0 Å². The van der Waals surface area contributed by atoms with Gasteiger partial charge in [0.2, 0.25) is 5.66 Å². The molecule has 308 valence electrons. The summed E-state index contributed by atoms with van der Waals surface area (Å²) in [5.41, 5.74) is 20.2. The van der Waals surface area contributed by atoms with Crippen molar-refractivity contribution in [1.29, 1.82) is 0 Å². The largest absolute Gasteiger partial charge is 0.456 e. The van der Waals surface area contributed by atoms with Gasteiger partial charge in [-0.1, -0.05) is 105 Å². The molecular weight excluding hydrogens is 767 g/mol. The Balaban J connectivity index is 0.998. The van der Waals surface area contributed by atoms with Crippen LogP contribution in [0.4, 0.5) is 0 Å². The number of pyridine rings is 1. The van der Waals surface area contributed by atoms with Gasteiger partial charge in [0.05, 0.1) is 17.8 Å². The van der Waals surface area contributed by atoms with Gasteiger partial charge < -0.3 is 9.64 Å². The van der Waals surface area contributed by atoms with E-state index in [1.54, 1.807) is 0 Å². The standard InChI is InChI=1S/C59H52N3O/c1-35-30-54-61(33-37(35)3)59-55-47(51-32-48(38(4)34-60(51)59)45-21-19-43(29-36(45)2)42-25-27-58(5,6)28-26-42)13-10-14-52(55)63-53-24-22-46-49-31-44(20-23-50(49)62(54)57(46)56(53)59)41-17-15-40(16-18-41)39-11-8-7-9-12-39/h7-24,29-34,42,51H,25-28H2,1-6H3/q+1.